The molecule has 0 aliphatic rings. The molecule has 0 spiro atoms. The molecule has 1 aromatic heterocycles. The van der Waals surface area contributed by atoms with E-state index in [1.807, 2.05) is 30.3 Å². The van der Waals surface area contributed by atoms with Crippen molar-refractivity contribution in [2.75, 3.05) is 0 Å². The molecule has 3 nitrogen and oxygen atoms in total. The third kappa shape index (κ3) is 1.66. The van der Waals surface area contributed by atoms with Crippen molar-refractivity contribution in [1.29, 1.82) is 0 Å². The predicted octanol–water partition coefficient (Wildman–Crippen LogP) is 2.58. The highest BCUT2D eigenvalue weighted by Crippen LogP contribution is 2.24. The number of hydrogen-bond acceptors (Lipinski definition) is 4. The lowest BCUT2D eigenvalue weighted by Crippen LogP contribution is -1.88. The molecule has 1 heterocycles. The molecule has 2 rings (SSSR count). The van der Waals surface area contributed by atoms with Crippen LogP contribution >= 0.6 is 23.1 Å². The molecule has 0 aliphatic heterocycles. The maximum absolute atomic E-state index is 11.0. The maximum atomic E-state index is 11.0. The molecule has 2 aromatic rings. The van der Waals surface area contributed by atoms with E-state index in [0.717, 1.165) is 17.1 Å². The summed E-state index contributed by atoms with van der Waals surface area (Å²) >= 11 is 6.40. The van der Waals surface area contributed by atoms with E-state index in [2.05, 4.69) is 9.59 Å². The topological polar surface area (TPSA) is 42.9 Å². The van der Waals surface area contributed by atoms with Crippen LogP contribution in [0.1, 0.15) is 9.67 Å². The van der Waals surface area contributed by atoms with Crippen LogP contribution in [0, 0.1) is 0 Å². The number of rotatable bonds is 2. The fourth-order valence-electron chi connectivity index (χ4n) is 1.10. The number of hydrogen-bond donors (Lipinski definition) is 0. The standard InChI is InChI=1S/C9H5ClN2OS/c10-9(13)8-7(11-12-14-8)6-4-2-1-3-5-6/h1-5H. The highest BCUT2D eigenvalue weighted by atomic mass is 35.5. The van der Waals surface area contributed by atoms with Gasteiger partial charge in [0.25, 0.3) is 5.24 Å². The molecule has 0 bridgehead atoms. The van der Waals surface area contributed by atoms with Crippen molar-refractivity contribution in [1.82, 2.24) is 9.59 Å². The van der Waals surface area contributed by atoms with Crippen LogP contribution in [0.3, 0.4) is 0 Å². The van der Waals surface area contributed by atoms with Crippen molar-refractivity contribution >= 4 is 28.4 Å². The molecule has 0 amide bonds. The summed E-state index contributed by atoms with van der Waals surface area (Å²) in [5, 5.41) is 3.36. The first-order valence-electron chi connectivity index (χ1n) is 3.86. The van der Waals surface area contributed by atoms with Crippen LogP contribution in [0.5, 0.6) is 0 Å². The van der Waals surface area contributed by atoms with Gasteiger partial charge in [-0.25, -0.2) is 0 Å². The van der Waals surface area contributed by atoms with Gasteiger partial charge in [-0.15, -0.1) is 5.10 Å². The summed E-state index contributed by atoms with van der Waals surface area (Å²) in [5.74, 6) is 0. The van der Waals surface area contributed by atoms with Crippen LogP contribution in [0.15, 0.2) is 30.3 Å². The highest BCUT2D eigenvalue weighted by molar-refractivity contribution is 7.10. The summed E-state index contributed by atoms with van der Waals surface area (Å²) in [6.45, 7) is 0. The van der Waals surface area contributed by atoms with Gasteiger partial charge in [-0.3, -0.25) is 4.79 Å². The normalized spacial score (nSPS) is 10.1. The molecular weight excluding hydrogens is 220 g/mol. The summed E-state index contributed by atoms with van der Waals surface area (Å²) in [5.41, 5.74) is 1.40. The Morgan fingerprint density at radius 2 is 2.00 bits per heavy atom. The van der Waals surface area contributed by atoms with Crippen molar-refractivity contribution in [2.24, 2.45) is 0 Å². The van der Waals surface area contributed by atoms with Gasteiger partial charge in [-0.05, 0) is 23.1 Å². The molecule has 0 unspecified atom stereocenters. The summed E-state index contributed by atoms with van der Waals surface area (Å²) < 4.78 is 3.71. The Balaban J connectivity index is 2.52. The predicted molar refractivity (Wildman–Crippen MR) is 55.5 cm³/mol. The third-order valence-corrected chi connectivity index (χ3v) is 2.74. The molecule has 0 radical (unpaired) electrons. The Labute approximate surface area is 89.5 Å². The largest absolute Gasteiger partial charge is 0.275 e. The molecule has 5 heteroatoms. The van der Waals surface area contributed by atoms with Crippen LogP contribution in [-0.2, 0) is 0 Å². The van der Waals surface area contributed by atoms with E-state index in [1.165, 1.54) is 0 Å². The quantitative estimate of drug-likeness (QED) is 0.737. The van der Waals surface area contributed by atoms with Crippen molar-refractivity contribution in [3.63, 3.8) is 0 Å². The lowest BCUT2D eigenvalue weighted by molar-refractivity contribution is 0.108. The Morgan fingerprint density at radius 3 is 2.64 bits per heavy atom. The first-order valence-corrected chi connectivity index (χ1v) is 5.02. The van der Waals surface area contributed by atoms with Gasteiger partial charge in [-0.1, -0.05) is 34.8 Å². The zero-order chi connectivity index (χ0) is 9.97. The number of aromatic nitrogens is 2. The van der Waals surface area contributed by atoms with E-state index >= 15 is 0 Å². The molecule has 70 valence electrons. The second-order valence-corrected chi connectivity index (χ2v) is 3.69. The first-order chi connectivity index (χ1) is 6.79. The minimum Gasteiger partial charge on any atom is -0.275 e. The van der Waals surface area contributed by atoms with E-state index in [0.29, 0.717) is 10.6 Å². The smallest absolute Gasteiger partial charge is 0.266 e. The van der Waals surface area contributed by atoms with Crippen molar-refractivity contribution < 1.29 is 4.79 Å². The average molecular weight is 225 g/mol. The molecule has 0 N–H and O–H groups in total. The van der Waals surface area contributed by atoms with E-state index in [4.69, 9.17) is 11.6 Å². The average Bonchev–Trinajstić information content (AvgIpc) is 2.67. The summed E-state index contributed by atoms with van der Waals surface area (Å²) in [4.78, 5) is 11.4. The Hall–Kier alpha value is -1.26. The number of carbonyl (C=O) groups excluding carboxylic acids is 1. The number of carbonyl (C=O) groups is 1. The minimum absolute atomic E-state index is 0.387. The van der Waals surface area contributed by atoms with Crippen LogP contribution in [-0.4, -0.2) is 14.8 Å². The Kier molecular flexibility index (Phi) is 2.56. The lowest BCUT2D eigenvalue weighted by atomic mass is 10.1. The molecular formula is C9H5ClN2OS. The fourth-order valence-corrected chi connectivity index (χ4v) is 1.82. The third-order valence-electron chi connectivity index (χ3n) is 1.71. The van der Waals surface area contributed by atoms with Crippen LogP contribution < -0.4 is 0 Å². The first kappa shape index (κ1) is 9.30. The van der Waals surface area contributed by atoms with E-state index < -0.39 is 5.24 Å². The zero-order valence-corrected chi connectivity index (χ0v) is 8.55. The molecule has 14 heavy (non-hydrogen) atoms. The fraction of sp³-hybridized carbons (Fsp3) is 0. The second-order valence-electron chi connectivity index (χ2n) is 2.59. The van der Waals surface area contributed by atoms with Gasteiger partial charge in [0.1, 0.15) is 10.6 Å². The molecule has 0 fully saturated rings. The molecule has 1 aromatic carbocycles. The SMILES string of the molecule is O=C(Cl)c1snnc1-c1ccccc1. The van der Waals surface area contributed by atoms with Crippen molar-refractivity contribution in [3.8, 4) is 11.3 Å². The molecule has 0 aliphatic carbocycles. The number of nitrogens with zero attached hydrogens (tertiary/aromatic N) is 2. The van der Waals surface area contributed by atoms with Crippen LogP contribution in [0.25, 0.3) is 11.3 Å². The summed E-state index contributed by atoms with van der Waals surface area (Å²) in [6.07, 6.45) is 0. The highest BCUT2D eigenvalue weighted by Gasteiger charge is 2.14. The molecule has 0 saturated carbocycles. The van der Waals surface area contributed by atoms with Gasteiger partial charge in [0.2, 0.25) is 0 Å². The Bertz CT molecular complexity index is 455. The molecule has 0 atom stereocenters. The Morgan fingerprint density at radius 1 is 1.29 bits per heavy atom. The van der Waals surface area contributed by atoms with Gasteiger partial charge in [0.05, 0.1) is 0 Å². The van der Waals surface area contributed by atoms with E-state index in [1.54, 1.807) is 0 Å². The second kappa shape index (κ2) is 3.86. The van der Waals surface area contributed by atoms with Gasteiger partial charge >= 0.3 is 0 Å². The monoisotopic (exact) mass is 224 g/mol. The van der Waals surface area contributed by atoms with Gasteiger partial charge in [0.15, 0.2) is 0 Å². The van der Waals surface area contributed by atoms with Gasteiger partial charge in [0, 0.05) is 5.56 Å². The lowest BCUT2D eigenvalue weighted by Gasteiger charge is -1.95. The maximum Gasteiger partial charge on any atom is 0.266 e. The summed E-state index contributed by atoms with van der Waals surface area (Å²) in [6, 6.07) is 9.36. The van der Waals surface area contributed by atoms with E-state index in [9.17, 15) is 4.79 Å². The van der Waals surface area contributed by atoms with Crippen molar-refractivity contribution in [3.05, 3.63) is 35.2 Å². The van der Waals surface area contributed by atoms with Gasteiger partial charge in [-0.2, -0.15) is 0 Å². The number of halogens is 1. The van der Waals surface area contributed by atoms with E-state index in [-0.39, 0.29) is 0 Å². The number of benzene rings is 1. The van der Waals surface area contributed by atoms with Gasteiger partial charge < -0.3 is 0 Å². The zero-order valence-electron chi connectivity index (χ0n) is 6.98. The van der Waals surface area contributed by atoms with Crippen molar-refractivity contribution in [2.45, 2.75) is 0 Å². The molecule has 0 saturated heterocycles. The van der Waals surface area contributed by atoms with Crippen LogP contribution in [0.2, 0.25) is 0 Å². The van der Waals surface area contributed by atoms with Crippen LogP contribution in [0.4, 0.5) is 0 Å². The summed E-state index contributed by atoms with van der Waals surface area (Å²) in [7, 11) is 0. The minimum atomic E-state index is -0.515.